The number of carbonyl (C=O) groups is 2. The van der Waals surface area contributed by atoms with Crippen molar-refractivity contribution in [2.45, 2.75) is 19.8 Å². The smallest absolute Gasteiger partial charge is 0.331 e. The number of para-hydroxylation sites is 1. The second-order valence-corrected chi connectivity index (χ2v) is 6.09. The number of hydrogen-bond acceptors (Lipinski definition) is 5. The molecular formula is C19H25NO5. The lowest BCUT2D eigenvalue weighted by Crippen LogP contribution is -2.40. The highest BCUT2D eigenvalue weighted by Crippen LogP contribution is 2.31. The topological polar surface area (TPSA) is 65.1 Å². The highest BCUT2D eigenvalue weighted by Gasteiger charge is 2.20. The molecule has 0 unspecified atom stereocenters. The van der Waals surface area contributed by atoms with Crippen LogP contribution in [-0.4, -0.2) is 50.7 Å². The average molecular weight is 347 g/mol. The third-order valence-electron chi connectivity index (χ3n) is 4.31. The van der Waals surface area contributed by atoms with Crippen molar-refractivity contribution < 1.29 is 23.8 Å². The Hall–Kier alpha value is -2.50. The minimum absolute atomic E-state index is 0.146. The summed E-state index contributed by atoms with van der Waals surface area (Å²) < 4.78 is 15.6. The van der Waals surface area contributed by atoms with E-state index >= 15 is 0 Å². The fraction of sp³-hybridized carbons (Fsp3) is 0.474. The van der Waals surface area contributed by atoms with E-state index in [1.54, 1.807) is 36.3 Å². The molecule has 0 aliphatic carbocycles. The van der Waals surface area contributed by atoms with Crippen LogP contribution in [0.3, 0.4) is 0 Å². The number of rotatable bonds is 6. The molecule has 0 N–H and O–H groups in total. The molecule has 1 aliphatic rings. The van der Waals surface area contributed by atoms with Crippen LogP contribution in [-0.2, 0) is 14.3 Å². The fourth-order valence-electron chi connectivity index (χ4n) is 2.73. The van der Waals surface area contributed by atoms with Crippen molar-refractivity contribution in [3.8, 4) is 11.5 Å². The summed E-state index contributed by atoms with van der Waals surface area (Å²) in [5.74, 6) is 1.05. The van der Waals surface area contributed by atoms with Crippen molar-refractivity contribution in [1.29, 1.82) is 0 Å². The Morgan fingerprint density at radius 2 is 1.92 bits per heavy atom. The van der Waals surface area contributed by atoms with E-state index in [9.17, 15) is 9.59 Å². The van der Waals surface area contributed by atoms with E-state index in [0.29, 0.717) is 23.0 Å². The van der Waals surface area contributed by atoms with Gasteiger partial charge in [0.25, 0.3) is 5.91 Å². The van der Waals surface area contributed by atoms with E-state index in [1.165, 1.54) is 13.2 Å². The van der Waals surface area contributed by atoms with Gasteiger partial charge in [-0.2, -0.15) is 0 Å². The second-order valence-electron chi connectivity index (χ2n) is 6.09. The standard InChI is InChI=1S/C19H25NO5/c1-14-9-11-20(12-10-14)17(21)13-25-18(22)8-7-15-5-4-6-16(23-2)19(15)24-3/h4-8,14H,9-13H2,1-3H3/b8-7+. The predicted octanol–water partition coefficient (Wildman–Crippen LogP) is 2.52. The molecule has 0 aromatic heterocycles. The summed E-state index contributed by atoms with van der Waals surface area (Å²) in [6.45, 7) is 3.41. The molecule has 1 aliphatic heterocycles. The van der Waals surface area contributed by atoms with Crippen molar-refractivity contribution in [1.82, 2.24) is 4.90 Å². The molecular weight excluding hydrogens is 322 g/mol. The first-order chi connectivity index (χ1) is 12.0. The molecule has 1 aromatic carbocycles. The summed E-state index contributed by atoms with van der Waals surface area (Å²) in [7, 11) is 3.08. The summed E-state index contributed by atoms with van der Waals surface area (Å²) in [6, 6.07) is 5.37. The number of hydrogen-bond donors (Lipinski definition) is 0. The van der Waals surface area contributed by atoms with Crippen LogP contribution in [0.5, 0.6) is 11.5 Å². The molecule has 0 atom stereocenters. The van der Waals surface area contributed by atoms with Gasteiger partial charge >= 0.3 is 5.97 Å². The van der Waals surface area contributed by atoms with Gasteiger partial charge in [-0.15, -0.1) is 0 Å². The summed E-state index contributed by atoms with van der Waals surface area (Å²) in [5, 5.41) is 0. The molecule has 0 radical (unpaired) electrons. The minimum atomic E-state index is -0.566. The summed E-state index contributed by atoms with van der Waals surface area (Å²) in [4.78, 5) is 25.7. The average Bonchev–Trinajstić information content (AvgIpc) is 2.64. The molecule has 1 saturated heterocycles. The second kappa shape index (κ2) is 9.11. The van der Waals surface area contributed by atoms with Crippen LogP contribution in [0.4, 0.5) is 0 Å². The monoisotopic (exact) mass is 347 g/mol. The third-order valence-corrected chi connectivity index (χ3v) is 4.31. The van der Waals surface area contributed by atoms with Gasteiger partial charge in [0.1, 0.15) is 0 Å². The van der Waals surface area contributed by atoms with Crippen LogP contribution in [0.1, 0.15) is 25.3 Å². The summed E-state index contributed by atoms with van der Waals surface area (Å²) >= 11 is 0. The first kappa shape index (κ1) is 18.8. The highest BCUT2D eigenvalue weighted by atomic mass is 16.5. The van der Waals surface area contributed by atoms with Gasteiger partial charge < -0.3 is 19.1 Å². The number of amides is 1. The normalized spacial score (nSPS) is 15.2. The van der Waals surface area contributed by atoms with Gasteiger partial charge in [-0.3, -0.25) is 4.79 Å². The van der Waals surface area contributed by atoms with Gasteiger partial charge in [-0.1, -0.05) is 19.1 Å². The fourth-order valence-corrected chi connectivity index (χ4v) is 2.73. The van der Waals surface area contributed by atoms with Crippen LogP contribution < -0.4 is 9.47 Å². The number of carbonyl (C=O) groups excluding carboxylic acids is 2. The zero-order valence-corrected chi connectivity index (χ0v) is 15.0. The van der Waals surface area contributed by atoms with E-state index in [4.69, 9.17) is 14.2 Å². The molecule has 136 valence electrons. The number of esters is 1. The van der Waals surface area contributed by atoms with Crippen LogP contribution in [0.2, 0.25) is 0 Å². The van der Waals surface area contributed by atoms with Crippen molar-refractivity contribution in [3.63, 3.8) is 0 Å². The summed E-state index contributed by atoms with van der Waals surface area (Å²) in [6.07, 6.45) is 4.85. The maximum Gasteiger partial charge on any atom is 0.331 e. The quantitative estimate of drug-likeness (QED) is 0.584. The Balaban J connectivity index is 1.88. The highest BCUT2D eigenvalue weighted by molar-refractivity contribution is 5.89. The number of benzene rings is 1. The van der Waals surface area contributed by atoms with Gasteiger partial charge in [-0.05, 0) is 30.9 Å². The van der Waals surface area contributed by atoms with Crippen molar-refractivity contribution in [3.05, 3.63) is 29.8 Å². The number of methoxy groups -OCH3 is 2. The summed E-state index contributed by atoms with van der Waals surface area (Å²) in [5.41, 5.74) is 0.690. The van der Waals surface area contributed by atoms with Gasteiger partial charge in [0, 0.05) is 24.7 Å². The number of ether oxygens (including phenoxy) is 3. The van der Waals surface area contributed by atoms with E-state index in [2.05, 4.69) is 6.92 Å². The van der Waals surface area contributed by atoms with E-state index in [1.807, 2.05) is 0 Å². The van der Waals surface area contributed by atoms with Crippen molar-refractivity contribution in [2.24, 2.45) is 5.92 Å². The Morgan fingerprint density at radius 3 is 2.56 bits per heavy atom. The van der Waals surface area contributed by atoms with Gasteiger partial charge in [0.15, 0.2) is 18.1 Å². The maximum atomic E-state index is 12.1. The SMILES string of the molecule is COc1cccc(/C=C/C(=O)OCC(=O)N2CCC(C)CC2)c1OC. The molecule has 6 heteroatoms. The predicted molar refractivity (Wildman–Crippen MR) is 94.5 cm³/mol. The van der Waals surface area contributed by atoms with Crippen LogP contribution >= 0.6 is 0 Å². The van der Waals surface area contributed by atoms with Crippen molar-refractivity contribution in [2.75, 3.05) is 33.9 Å². The van der Waals surface area contributed by atoms with Gasteiger partial charge in [-0.25, -0.2) is 4.79 Å². The Bertz CT molecular complexity index is 633. The van der Waals surface area contributed by atoms with E-state index in [-0.39, 0.29) is 12.5 Å². The van der Waals surface area contributed by atoms with Gasteiger partial charge in [0.2, 0.25) is 0 Å². The minimum Gasteiger partial charge on any atom is -0.493 e. The molecule has 1 heterocycles. The molecule has 0 saturated carbocycles. The lowest BCUT2D eigenvalue weighted by atomic mass is 9.99. The zero-order valence-electron chi connectivity index (χ0n) is 15.0. The molecule has 0 spiro atoms. The Labute approximate surface area is 148 Å². The maximum absolute atomic E-state index is 12.1. The van der Waals surface area contributed by atoms with Crippen LogP contribution in [0.25, 0.3) is 6.08 Å². The molecule has 25 heavy (non-hydrogen) atoms. The Kier molecular flexibility index (Phi) is 6.86. The zero-order chi connectivity index (χ0) is 18.2. The van der Waals surface area contributed by atoms with Crippen LogP contribution in [0.15, 0.2) is 24.3 Å². The molecule has 6 nitrogen and oxygen atoms in total. The number of piperidine rings is 1. The lowest BCUT2D eigenvalue weighted by Gasteiger charge is -2.30. The van der Waals surface area contributed by atoms with Gasteiger partial charge in [0.05, 0.1) is 14.2 Å². The van der Waals surface area contributed by atoms with Crippen molar-refractivity contribution >= 4 is 18.0 Å². The molecule has 1 aromatic rings. The number of nitrogens with zero attached hydrogens (tertiary/aromatic N) is 1. The lowest BCUT2D eigenvalue weighted by molar-refractivity contribution is -0.148. The first-order valence-electron chi connectivity index (χ1n) is 8.38. The van der Waals surface area contributed by atoms with E-state index in [0.717, 1.165) is 25.9 Å². The van der Waals surface area contributed by atoms with E-state index < -0.39 is 5.97 Å². The Morgan fingerprint density at radius 1 is 1.20 bits per heavy atom. The number of likely N-dealkylation sites (tertiary alicyclic amines) is 1. The first-order valence-corrected chi connectivity index (χ1v) is 8.38. The molecule has 0 bridgehead atoms. The molecule has 2 rings (SSSR count). The third kappa shape index (κ3) is 5.24. The largest absolute Gasteiger partial charge is 0.493 e. The molecule has 1 fully saturated rings. The molecule has 1 amide bonds. The van der Waals surface area contributed by atoms with Crippen LogP contribution in [0, 0.1) is 5.92 Å².